The number of hydrogen-bond donors (Lipinski definition) is 5. The molecule has 6 N–H and O–H groups in total. The minimum Gasteiger partial charge on any atom is -0.366 e. The summed E-state index contributed by atoms with van der Waals surface area (Å²) in [6.07, 6.45) is 5.55. The number of halogens is 3. The van der Waals surface area contributed by atoms with Crippen LogP contribution in [0, 0.1) is 11.6 Å². The van der Waals surface area contributed by atoms with Crippen molar-refractivity contribution in [3.63, 3.8) is 0 Å². The number of rotatable bonds is 5. The van der Waals surface area contributed by atoms with Gasteiger partial charge in [0.2, 0.25) is 11.8 Å². The highest BCUT2D eigenvalue weighted by Gasteiger charge is 2.26. The topological polar surface area (TPSA) is 150 Å². The van der Waals surface area contributed by atoms with Crippen molar-refractivity contribution in [2.75, 3.05) is 11.1 Å². The van der Waals surface area contributed by atoms with Gasteiger partial charge in [0, 0.05) is 34.3 Å². The van der Waals surface area contributed by atoms with Crippen LogP contribution in [-0.4, -0.2) is 48.1 Å². The molecular formula is C21H20ClF2N9O. The summed E-state index contributed by atoms with van der Waals surface area (Å²) in [7, 11) is 0. The van der Waals surface area contributed by atoms with Crippen LogP contribution >= 0.6 is 11.6 Å². The number of amides is 1. The molecule has 1 amide bonds. The number of nitrogens with zero attached hydrogens (tertiary/aromatic N) is 4. The van der Waals surface area contributed by atoms with Crippen molar-refractivity contribution in [2.24, 2.45) is 0 Å². The number of nitrogen functional groups attached to an aromatic ring is 1. The van der Waals surface area contributed by atoms with E-state index >= 15 is 0 Å². The monoisotopic (exact) mass is 487 g/mol. The second-order valence-corrected chi connectivity index (χ2v) is 8.56. The third-order valence-electron chi connectivity index (χ3n) is 5.76. The fourth-order valence-corrected chi connectivity index (χ4v) is 4.42. The van der Waals surface area contributed by atoms with E-state index in [9.17, 15) is 13.6 Å². The number of benzene rings is 1. The van der Waals surface area contributed by atoms with Gasteiger partial charge in [-0.3, -0.25) is 9.89 Å². The first kappa shape index (κ1) is 22.0. The summed E-state index contributed by atoms with van der Waals surface area (Å²) in [6.45, 7) is 0. The molecule has 1 saturated carbocycles. The molecular weight excluding hydrogens is 468 g/mol. The molecule has 0 saturated heterocycles. The normalized spacial score (nSPS) is 18.2. The highest BCUT2D eigenvalue weighted by molar-refractivity contribution is 6.31. The summed E-state index contributed by atoms with van der Waals surface area (Å²) in [5.41, 5.74) is 6.21. The number of carbonyl (C=O) groups excluding carboxylic acids is 1. The molecule has 10 nitrogen and oxygen atoms in total. The van der Waals surface area contributed by atoms with Crippen LogP contribution in [0.5, 0.6) is 0 Å². The number of aromatic nitrogens is 6. The maximum absolute atomic E-state index is 14.6. The SMILES string of the molecule is Nc1n[nH]c(C(=O)N[C@@H]2CCC[C@H](Nc3nc(-c4c[nH]c5c(F)cc(Cl)cc45)ncc3F)C2)n1. The fraction of sp³-hybridized carbons (Fsp3) is 0.286. The van der Waals surface area contributed by atoms with Crippen LogP contribution in [0.4, 0.5) is 20.5 Å². The van der Waals surface area contributed by atoms with Crippen molar-refractivity contribution in [3.8, 4) is 11.4 Å². The number of anilines is 2. The molecule has 13 heteroatoms. The lowest BCUT2D eigenvalue weighted by Crippen LogP contribution is -2.42. The fourth-order valence-electron chi connectivity index (χ4n) is 4.21. The van der Waals surface area contributed by atoms with Crippen LogP contribution in [0.15, 0.2) is 24.5 Å². The van der Waals surface area contributed by atoms with Gasteiger partial charge in [-0.15, -0.1) is 5.10 Å². The van der Waals surface area contributed by atoms with Gasteiger partial charge in [-0.1, -0.05) is 11.6 Å². The average molecular weight is 488 g/mol. The smallest absolute Gasteiger partial charge is 0.288 e. The second kappa shape index (κ2) is 8.86. The second-order valence-electron chi connectivity index (χ2n) is 8.12. The van der Waals surface area contributed by atoms with Crippen molar-refractivity contribution in [1.29, 1.82) is 0 Å². The maximum Gasteiger partial charge on any atom is 0.288 e. The van der Waals surface area contributed by atoms with E-state index in [1.807, 2.05) is 0 Å². The third-order valence-corrected chi connectivity index (χ3v) is 5.98. The van der Waals surface area contributed by atoms with Crippen molar-refractivity contribution in [2.45, 2.75) is 37.8 Å². The zero-order valence-corrected chi connectivity index (χ0v) is 18.5. The molecule has 0 aliphatic heterocycles. The van der Waals surface area contributed by atoms with Crippen molar-refractivity contribution < 1.29 is 13.6 Å². The molecule has 0 bridgehead atoms. The summed E-state index contributed by atoms with van der Waals surface area (Å²) in [4.78, 5) is 27.4. The number of hydrogen-bond acceptors (Lipinski definition) is 7. The largest absolute Gasteiger partial charge is 0.366 e. The third kappa shape index (κ3) is 4.36. The Kier molecular flexibility index (Phi) is 5.74. The van der Waals surface area contributed by atoms with E-state index in [1.165, 1.54) is 6.07 Å². The van der Waals surface area contributed by atoms with Crippen molar-refractivity contribution in [3.05, 3.63) is 47.0 Å². The summed E-state index contributed by atoms with van der Waals surface area (Å²) in [5.74, 6) is -1.25. The van der Waals surface area contributed by atoms with Crippen LogP contribution in [-0.2, 0) is 0 Å². The molecule has 0 radical (unpaired) electrons. The molecule has 1 aliphatic carbocycles. The highest BCUT2D eigenvalue weighted by atomic mass is 35.5. The summed E-state index contributed by atoms with van der Waals surface area (Å²) in [5, 5.41) is 12.9. The van der Waals surface area contributed by atoms with E-state index in [4.69, 9.17) is 17.3 Å². The Bertz CT molecular complexity index is 1370. The van der Waals surface area contributed by atoms with Crippen LogP contribution in [0.25, 0.3) is 22.3 Å². The van der Waals surface area contributed by atoms with Gasteiger partial charge in [0.1, 0.15) is 5.82 Å². The van der Waals surface area contributed by atoms with Crippen LogP contribution in [0.2, 0.25) is 5.02 Å². The first-order chi connectivity index (χ1) is 16.4. The van der Waals surface area contributed by atoms with Gasteiger partial charge < -0.3 is 21.4 Å². The summed E-state index contributed by atoms with van der Waals surface area (Å²) < 4.78 is 28.8. The van der Waals surface area contributed by atoms with E-state index in [-0.39, 0.29) is 46.0 Å². The minimum absolute atomic E-state index is 0.0106. The van der Waals surface area contributed by atoms with Crippen molar-refractivity contribution in [1.82, 2.24) is 35.5 Å². The molecule has 176 valence electrons. The number of nitrogens with two attached hydrogens (primary N) is 1. The predicted octanol–water partition coefficient (Wildman–Crippen LogP) is 3.41. The van der Waals surface area contributed by atoms with Gasteiger partial charge in [-0.05, 0) is 37.8 Å². The molecule has 1 fully saturated rings. The first-order valence-electron chi connectivity index (χ1n) is 10.6. The lowest BCUT2D eigenvalue weighted by molar-refractivity contribution is 0.0916. The van der Waals surface area contributed by atoms with Crippen molar-refractivity contribution >= 4 is 40.2 Å². The number of carbonyl (C=O) groups is 1. The Labute approximate surface area is 196 Å². The van der Waals surface area contributed by atoms with Gasteiger partial charge in [-0.25, -0.2) is 18.7 Å². The molecule has 0 unspecified atom stereocenters. The minimum atomic E-state index is -0.615. The Balaban J connectivity index is 1.33. The number of aromatic amines is 2. The lowest BCUT2D eigenvalue weighted by atomic mass is 9.91. The number of fused-ring (bicyclic) bond motifs is 1. The van der Waals surface area contributed by atoms with E-state index in [0.29, 0.717) is 17.4 Å². The quantitative estimate of drug-likeness (QED) is 0.289. The van der Waals surface area contributed by atoms with E-state index in [2.05, 4.69) is 40.8 Å². The van der Waals surface area contributed by atoms with E-state index < -0.39 is 17.5 Å². The summed E-state index contributed by atoms with van der Waals surface area (Å²) >= 11 is 6.00. The maximum atomic E-state index is 14.6. The molecule has 2 atom stereocenters. The average Bonchev–Trinajstić information content (AvgIpc) is 3.42. The van der Waals surface area contributed by atoms with Crippen LogP contribution < -0.4 is 16.4 Å². The zero-order chi connectivity index (χ0) is 23.8. The predicted molar refractivity (Wildman–Crippen MR) is 122 cm³/mol. The van der Waals surface area contributed by atoms with E-state index in [0.717, 1.165) is 25.5 Å². The van der Waals surface area contributed by atoms with Crippen LogP contribution in [0.3, 0.4) is 0 Å². The number of H-pyrrole nitrogens is 2. The Morgan fingerprint density at radius 1 is 1.18 bits per heavy atom. The molecule has 4 aromatic rings. The standard InChI is InChI=1S/C21H20ClF2N9O/c22-9-4-12-13(7-26-16(12)14(23)5-9)17-27-8-15(24)18(30-17)28-10-2-1-3-11(6-10)29-20(34)19-31-21(25)33-32-19/h4-5,7-8,10-11,26H,1-3,6H2,(H,29,34)(H,27,28,30)(H3,25,31,32,33)/t10-,11+/m0/s1. The molecule has 1 aliphatic rings. The van der Waals surface area contributed by atoms with Crippen LogP contribution in [0.1, 0.15) is 36.3 Å². The molecule has 3 aromatic heterocycles. The highest BCUT2D eigenvalue weighted by Crippen LogP contribution is 2.31. The van der Waals surface area contributed by atoms with Gasteiger partial charge in [0.25, 0.3) is 5.91 Å². The Hall–Kier alpha value is -3.80. The molecule has 0 spiro atoms. The summed E-state index contributed by atoms with van der Waals surface area (Å²) in [6, 6.07) is 2.53. The molecule has 5 rings (SSSR count). The van der Waals surface area contributed by atoms with Gasteiger partial charge in [0.15, 0.2) is 17.5 Å². The molecule has 3 heterocycles. The van der Waals surface area contributed by atoms with Gasteiger partial charge in [0.05, 0.1) is 11.7 Å². The zero-order valence-electron chi connectivity index (χ0n) is 17.7. The Morgan fingerprint density at radius 3 is 2.79 bits per heavy atom. The first-order valence-corrected chi connectivity index (χ1v) is 11.0. The number of nitrogens with one attached hydrogen (secondary N) is 4. The molecule has 34 heavy (non-hydrogen) atoms. The van der Waals surface area contributed by atoms with Gasteiger partial charge in [-0.2, -0.15) is 4.98 Å². The van der Waals surface area contributed by atoms with E-state index in [1.54, 1.807) is 12.3 Å². The molecule has 1 aromatic carbocycles. The Morgan fingerprint density at radius 2 is 2.00 bits per heavy atom. The lowest BCUT2D eigenvalue weighted by Gasteiger charge is -2.30. The van der Waals surface area contributed by atoms with Gasteiger partial charge >= 0.3 is 0 Å².